The standard InChI is InChI=1S/C18H20N4OS/c1-11(15-8-6-5-7-9-15)21-17(23)13(3)24-18-16(10-19)12(2)20-14(4)22-18/h5-9,11,13H,1-4H3,(H,21,23). The molecule has 6 heteroatoms. The van der Waals surface area contributed by atoms with E-state index in [1.807, 2.05) is 44.2 Å². The summed E-state index contributed by atoms with van der Waals surface area (Å²) < 4.78 is 0. The smallest absolute Gasteiger partial charge is 0.233 e. The predicted molar refractivity (Wildman–Crippen MR) is 94.5 cm³/mol. The highest BCUT2D eigenvalue weighted by molar-refractivity contribution is 8.00. The first-order valence-corrected chi connectivity index (χ1v) is 8.57. The number of nitrogens with one attached hydrogen (secondary N) is 1. The molecule has 0 aliphatic carbocycles. The molecule has 2 aromatic rings. The number of carbonyl (C=O) groups excluding carboxylic acids is 1. The number of nitriles is 1. The lowest BCUT2D eigenvalue weighted by molar-refractivity contribution is -0.120. The minimum Gasteiger partial charge on any atom is -0.349 e. The van der Waals surface area contributed by atoms with Crippen molar-refractivity contribution < 1.29 is 4.79 Å². The Labute approximate surface area is 146 Å². The van der Waals surface area contributed by atoms with Crippen molar-refractivity contribution in [3.63, 3.8) is 0 Å². The first-order valence-electron chi connectivity index (χ1n) is 7.69. The fraction of sp³-hybridized carbons (Fsp3) is 0.333. The van der Waals surface area contributed by atoms with Gasteiger partial charge in [0.05, 0.1) is 17.0 Å². The average molecular weight is 340 g/mol. The highest BCUT2D eigenvalue weighted by Gasteiger charge is 2.20. The molecule has 5 nitrogen and oxygen atoms in total. The minimum absolute atomic E-state index is 0.0777. The van der Waals surface area contributed by atoms with E-state index in [2.05, 4.69) is 21.4 Å². The van der Waals surface area contributed by atoms with Gasteiger partial charge in [0.25, 0.3) is 0 Å². The zero-order chi connectivity index (χ0) is 17.7. The fourth-order valence-corrected chi connectivity index (χ4v) is 3.28. The van der Waals surface area contributed by atoms with Crippen molar-refractivity contribution in [2.24, 2.45) is 0 Å². The molecule has 2 atom stereocenters. The highest BCUT2D eigenvalue weighted by Crippen LogP contribution is 2.26. The van der Waals surface area contributed by atoms with E-state index in [1.54, 1.807) is 13.8 Å². The molecule has 24 heavy (non-hydrogen) atoms. The van der Waals surface area contributed by atoms with Crippen LogP contribution in [0.3, 0.4) is 0 Å². The molecule has 0 radical (unpaired) electrons. The van der Waals surface area contributed by atoms with Crippen LogP contribution in [0.15, 0.2) is 35.4 Å². The van der Waals surface area contributed by atoms with Crippen molar-refractivity contribution >= 4 is 17.7 Å². The van der Waals surface area contributed by atoms with Crippen LogP contribution in [0.2, 0.25) is 0 Å². The lowest BCUT2D eigenvalue weighted by Gasteiger charge is -2.18. The minimum atomic E-state index is -0.364. The van der Waals surface area contributed by atoms with Crippen LogP contribution in [-0.2, 0) is 4.79 Å². The fourth-order valence-electron chi connectivity index (χ4n) is 2.27. The topological polar surface area (TPSA) is 78.7 Å². The number of carbonyl (C=O) groups is 1. The number of aryl methyl sites for hydroxylation is 2. The van der Waals surface area contributed by atoms with Gasteiger partial charge in [0.1, 0.15) is 22.5 Å². The van der Waals surface area contributed by atoms with E-state index in [0.717, 1.165) is 5.56 Å². The molecule has 1 amide bonds. The van der Waals surface area contributed by atoms with Gasteiger partial charge in [-0.3, -0.25) is 4.79 Å². The molecule has 1 aromatic carbocycles. The molecule has 0 spiro atoms. The zero-order valence-electron chi connectivity index (χ0n) is 14.2. The van der Waals surface area contributed by atoms with Crippen LogP contribution >= 0.6 is 11.8 Å². The summed E-state index contributed by atoms with van der Waals surface area (Å²) in [5.74, 6) is 0.508. The summed E-state index contributed by atoms with van der Waals surface area (Å²) in [5.41, 5.74) is 2.12. The monoisotopic (exact) mass is 340 g/mol. The number of rotatable bonds is 5. The Morgan fingerprint density at radius 2 is 1.88 bits per heavy atom. The Morgan fingerprint density at radius 1 is 1.21 bits per heavy atom. The Bertz CT molecular complexity index is 771. The maximum absolute atomic E-state index is 12.4. The van der Waals surface area contributed by atoms with Crippen LogP contribution < -0.4 is 5.32 Å². The summed E-state index contributed by atoms with van der Waals surface area (Å²) in [6, 6.07) is 11.8. The van der Waals surface area contributed by atoms with Gasteiger partial charge in [0, 0.05) is 0 Å². The van der Waals surface area contributed by atoms with Gasteiger partial charge in [0.15, 0.2) is 0 Å². The van der Waals surface area contributed by atoms with Gasteiger partial charge in [-0.25, -0.2) is 9.97 Å². The van der Waals surface area contributed by atoms with Gasteiger partial charge < -0.3 is 5.32 Å². The van der Waals surface area contributed by atoms with E-state index in [4.69, 9.17) is 0 Å². The molecule has 0 fully saturated rings. The van der Waals surface area contributed by atoms with Crippen LogP contribution in [0.5, 0.6) is 0 Å². The maximum Gasteiger partial charge on any atom is 0.233 e. The second kappa shape index (κ2) is 7.93. The maximum atomic E-state index is 12.4. The summed E-state index contributed by atoms with van der Waals surface area (Å²) in [5, 5.41) is 12.5. The van der Waals surface area contributed by atoms with Crippen molar-refractivity contribution in [2.45, 2.75) is 44.0 Å². The number of hydrogen-bond acceptors (Lipinski definition) is 5. The lowest BCUT2D eigenvalue weighted by atomic mass is 10.1. The van der Waals surface area contributed by atoms with Crippen molar-refractivity contribution in [3.8, 4) is 6.07 Å². The largest absolute Gasteiger partial charge is 0.349 e. The highest BCUT2D eigenvalue weighted by atomic mass is 32.2. The third-order valence-corrected chi connectivity index (χ3v) is 4.68. The Balaban J connectivity index is 2.09. The molecule has 1 N–H and O–H groups in total. The van der Waals surface area contributed by atoms with Crippen LogP contribution in [0.1, 0.15) is 42.5 Å². The van der Waals surface area contributed by atoms with E-state index in [0.29, 0.717) is 22.1 Å². The molecule has 1 aromatic heterocycles. The number of aromatic nitrogens is 2. The summed E-state index contributed by atoms with van der Waals surface area (Å²) >= 11 is 1.28. The van der Waals surface area contributed by atoms with Crippen molar-refractivity contribution in [3.05, 3.63) is 53.0 Å². The molecule has 0 saturated carbocycles. The van der Waals surface area contributed by atoms with Crippen LogP contribution in [0.25, 0.3) is 0 Å². The molecule has 124 valence electrons. The van der Waals surface area contributed by atoms with E-state index in [-0.39, 0.29) is 17.2 Å². The van der Waals surface area contributed by atoms with Gasteiger partial charge in [-0.2, -0.15) is 5.26 Å². The lowest BCUT2D eigenvalue weighted by Crippen LogP contribution is -2.33. The SMILES string of the molecule is Cc1nc(C)c(C#N)c(SC(C)C(=O)NC(C)c2ccccc2)n1. The van der Waals surface area contributed by atoms with Crippen LogP contribution in [0.4, 0.5) is 0 Å². The third kappa shape index (κ3) is 4.33. The van der Waals surface area contributed by atoms with Crippen LogP contribution in [-0.4, -0.2) is 21.1 Å². The first-order chi connectivity index (χ1) is 11.4. The number of nitrogens with zero attached hydrogens (tertiary/aromatic N) is 3. The predicted octanol–water partition coefficient (Wildman–Crippen LogP) is 3.32. The summed E-state index contributed by atoms with van der Waals surface area (Å²) in [6.07, 6.45) is 0. The Morgan fingerprint density at radius 3 is 2.50 bits per heavy atom. The molecule has 0 saturated heterocycles. The zero-order valence-corrected chi connectivity index (χ0v) is 15.0. The molecular weight excluding hydrogens is 320 g/mol. The van der Waals surface area contributed by atoms with E-state index >= 15 is 0 Å². The Hall–Kier alpha value is -2.39. The van der Waals surface area contributed by atoms with E-state index < -0.39 is 0 Å². The van der Waals surface area contributed by atoms with Crippen molar-refractivity contribution in [2.75, 3.05) is 0 Å². The third-order valence-electron chi connectivity index (χ3n) is 3.60. The first kappa shape index (κ1) is 18.0. The van der Waals surface area contributed by atoms with Crippen LogP contribution in [0, 0.1) is 25.2 Å². The molecule has 1 heterocycles. The quantitative estimate of drug-likeness (QED) is 0.667. The number of benzene rings is 1. The van der Waals surface area contributed by atoms with Gasteiger partial charge >= 0.3 is 0 Å². The molecule has 0 aliphatic rings. The number of amides is 1. The van der Waals surface area contributed by atoms with Gasteiger partial charge in [-0.05, 0) is 33.3 Å². The van der Waals surface area contributed by atoms with Gasteiger partial charge in [-0.15, -0.1) is 0 Å². The molecule has 2 rings (SSSR count). The van der Waals surface area contributed by atoms with E-state index in [9.17, 15) is 10.1 Å². The summed E-state index contributed by atoms with van der Waals surface area (Å²) in [7, 11) is 0. The van der Waals surface area contributed by atoms with E-state index in [1.165, 1.54) is 11.8 Å². The van der Waals surface area contributed by atoms with Crippen molar-refractivity contribution in [1.82, 2.24) is 15.3 Å². The number of hydrogen-bond donors (Lipinski definition) is 1. The van der Waals surface area contributed by atoms with Gasteiger partial charge in [0.2, 0.25) is 5.91 Å². The molecule has 0 bridgehead atoms. The van der Waals surface area contributed by atoms with Gasteiger partial charge in [-0.1, -0.05) is 42.1 Å². The summed E-state index contributed by atoms with van der Waals surface area (Å²) in [6.45, 7) is 7.32. The second-order valence-electron chi connectivity index (χ2n) is 5.55. The molecule has 0 aliphatic heterocycles. The Kier molecular flexibility index (Phi) is 5.93. The summed E-state index contributed by atoms with van der Waals surface area (Å²) in [4.78, 5) is 21.0. The average Bonchev–Trinajstić information content (AvgIpc) is 2.55. The molecular formula is C18H20N4OS. The van der Waals surface area contributed by atoms with Crippen molar-refractivity contribution in [1.29, 1.82) is 5.26 Å². The second-order valence-corrected chi connectivity index (χ2v) is 6.88. The normalized spacial score (nSPS) is 13.0. The molecule has 2 unspecified atom stereocenters. The number of thioether (sulfide) groups is 1.